The Labute approximate surface area is 166 Å². The molecule has 146 valence electrons. The Balaban J connectivity index is 0.000000878. The van der Waals surface area contributed by atoms with Gasteiger partial charge in [-0.1, -0.05) is 24.3 Å². The van der Waals surface area contributed by atoms with Gasteiger partial charge in [0.15, 0.2) is 0 Å². The molecular weight excluding hydrogens is 382 g/mol. The summed E-state index contributed by atoms with van der Waals surface area (Å²) in [7, 11) is 0. The third kappa shape index (κ3) is 5.31. The molecule has 0 aliphatic carbocycles. The van der Waals surface area contributed by atoms with Gasteiger partial charge in [0, 0.05) is 12.7 Å². The summed E-state index contributed by atoms with van der Waals surface area (Å²) in [5.74, 6) is -1.39. The molecule has 7 heteroatoms. The van der Waals surface area contributed by atoms with Crippen LogP contribution in [0.3, 0.4) is 0 Å². The summed E-state index contributed by atoms with van der Waals surface area (Å²) in [5.41, 5.74) is 1.01. The van der Waals surface area contributed by atoms with E-state index >= 15 is 0 Å². The van der Waals surface area contributed by atoms with Gasteiger partial charge in [0.05, 0.1) is 22.6 Å². The molecule has 0 spiro atoms. The van der Waals surface area contributed by atoms with Crippen molar-refractivity contribution in [3.8, 4) is 21.0 Å². The van der Waals surface area contributed by atoms with E-state index in [-0.39, 0.29) is 30.1 Å². The van der Waals surface area contributed by atoms with E-state index in [4.69, 9.17) is 5.11 Å². The number of aliphatic hydroxyl groups excluding tert-OH is 1. The minimum atomic E-state index is -0.559. The number of amides is 1. The van der Waals surface area contributed by atoms with Crippen LogP contribution >= 0.6 is 11.3 Å². The zero-order valence-corrected chi connectivity index (χ0v) is 16.1. The Morgan fingerprint density at radius 2 is 1.93 bits per heavy atom. The van der Waals surface area contributed by atoms with Gasteiger partial charge >= 0.3 is 0 Å². The largest absolute Gasteiger partial charge is 0.395 e. The number of aromatic nitrogens is 1. The summed E-state index contributed by atoms with van der Waals surface area (Å²) in [6.07, 6.45) is 3.31. The van der Waals surface area contributed by atoms with Gasteiger partial charge in [-0.15, -0.1) is 17.9 Å². The van der Waals surface area contributed by atoms with Crippen LogP contribution in [0.2, 0.25) is 0 Å². The highest BCUT2D eigenvalue weighted by atomic mass is 32.1. The second kappa shape index (κ2) is 10.4. The van der Waals surface area contributed by atoms with Crippen LogP contribution in [0.4, 0.5) is 8.78 Å². The molecule has 1 amide bonds. The minimum Gasteiger partial charge on any atom is -0.395 e. The number of thiazole rings is 1. The maximum absolute atomic E-state index is 14.4. The number of halogens is 2. The number of allylic oxidation sites excluding steroid dienone is 1. The monoisotopic (exact) mass is 402 g/mol. The number of aliphatic hydroxyl groups is 1. The van der Waals surface area contributed by atoms with E-state index in [0.717, 1.165) is 10.4 Å². The van der Waals surface area contributed by atoms with Crippen LogP contribution in [0.15, 0.2) is 61.3 Å². The second-order valence-corrected chi connectivity index (χ2v) is 6.62. The molecule has 0 saturated carbocycles. The summed E-state index contributed by atoms with van der Waals surface area (Å²) < 4.78 is 27.4. The Bertz CT molecular complexity index is 940. The predicted octanol–water partition coefficient (Wildman–Crippen LogP) is 4.67. The van der Waals surface area contributed by atoms with E-state index < -0.39 is 11.7 Å². The Morgan fingerprint density at radius 1 is 1.25 bits per heavy atom. The molecule has 0 atom stereocenters. The molecule has 3 rings (SSSR count). The SMILES string of the molecule is C=CC.O=C(NCCO)c1cccc(F)c1-c1ncc(-c2ccc(F)cc2)s1. The number of carbonyl (C=O) groups is 1. The van der Waals surface area contributed by atoms with Crippen LogP contribution < -0.4 is 5.32 Å². The standard InChI is InChI=1S/C18H14F2N2O2S.C3H6/c19-12-6-4-11(5-7-12)15-10-22-18(25-15)16-13(2-1-3-14(16)20)17(24)21-8-9-23;1-3-2/h1-7,10,23H,8-9H2,(H,21,24);3H,1H2,2H3. The number of nitrogens with zero attached hydrogens (tertiary/aromatic N) is 1. The second-order valence-electron chi connectivity index (χ2n) is 5.59. The summed E-state index contributed by atoms with van der Waals surface area (Å²) in [6, 6.07) is 10.1. The number of hydrogen-bond donors (Lipinski definition) is 2. The molecule has 4 nitrogen and oxygen atoms in total. The molecule has 0 fully saturated rings. The Kier molecular flexibility index (Phi) is 7.98. The van der Waals surface area contributed by atoms with E-state index in [1.165, 1.54) is 41.7 Å². The minimum absolute atomic E-state index is 0.0769. The molecule has 0 bridgehead atoms. The summed E-state index contributed by atoms with van der Waals surface area (Å²) in [4.78, 5) is 17.2. The highest BCUT2D eigenvalue weighted by molar-refractivity contribution is 7.18. The third-order valence-corrected chi connectivity index (χ3v) is 4.57. The zero-order chi connectivity index (χ0) is 20.5. The number of hydrogen-bond acceptors (Lipinski definition) is 4. The average molecular weight is 402 g/mol. The number of rotatable bonds is 5. The molecule has 1 aromatic heterocycles. The van der Waals surface area contributed by atoms with Gasteiger partial charge in [-0.25, -0.2) is 13.8 Å². The van der Waals surface area contributed by atoms with Gasteiger partial charge in [-0.05, 0) is 36.8 Å². The van der Waals surface area contributed by atoms with Crippen molar-refractivity contribution < 1.29 is 18.7 Å². The fraction of sp³-hybridized carbons (Fsp3) is 0.143. The molecule has 2 aromatic carbocycles. The molecule has 0 saturated heterocycles. The lowest BCUT2D eigenvalue weighted by Gasteiger charge is -2.08. The molecule has 3 aromatic rings. The smallest absolute Gasteiger partial charge is 0.252 e. The van der Waals surface area contributed by atoms with Crippen molar-refractivity contribution in [3.05, 3.63) is 78.5 Å². The van der Waals surface area contributed by atoms with Crippen molar-refractivity contribution in [3.63, 3.8) is 0 Å². The Morgan fingerprint density at radius 3 is 2.57 bits per heavy atom. The number of benzene rings is 2. The molecule has 0 radical (unpaired) electrons. The van der Waals surface area contributed by atoms with Crippen LogP contribution in [-0.2, 0) is 0 Å². The topological polar surface area (TPSA) is 62.2 Å². The van der Waals surface area contributed by atoms with Crippen molar-refractivity contribution in [1.29, 1.82) is 0 Å². The lowest BCUT2D eigenvalue weighted by molar-refractivity contribution is 0.0945. The van der Waals surface area contributed by atoms with Crippen LogP contribution in [0.1, 0.15) is 17.3 Å². The number of nitrogens with one attached hydrogen (secondary N) is 1. The molecule has 28 heavy (non-hydrogen) atoms. The first-order valence-corrected chi connectivity index (χ1v) is 9.30. The Hall–Kier alpha value is -2.90. The first-order valence-electron chi connectivity index (χ1n) is 8.48. The van der Waals surface area contributed by atoms with Gasteiger partial charge in [-0.2, -0.15) is 0 Å². The maximum atomic E-state index is 14.4. The maximum Gasteiger partial charge on any atom is 0.252 e. The molecule has 0 aliphatic heterocycles. The summed E-state index contributed by atoms with van der Waals surface area (Å²) in [6.45, 7) is 5.12. The summed E-state index contributed by atoms with van der Waals surface area (Å²) >= 11 is 1.21. The number of carbonyl (C=O) groups excluding carboxylic acids is 1. The average Bonchev–Trinajstić information content (AvgIpc) is 3.16. The van der Waals surface area contributed by atoms with E-state index in [1.54, 1.807) is 24.4 Å². The third-order valence-electron chi connectivity index (χ3n) is 3.50. The molecular formula is C21H20F2N2O2S. The lowest BCUT2D eigenvalue weighted by atomic mass is 10.1. The molecule has 0 aliphatic rings. The van der Waals surface area contributed by atoms with Gasteiger partial charge < -0.3 is 10.4 Å². The lowest BCUT2D eigenvalue weighted by Crippen LogP contribution is -2.27. The van der Waals surface area contributed by atoms with Gasteiger partial charge in [0.25, 0.3) is 5.91 Å². The van der Waals surface area contributed by atoms with Crippen molar-refractivity contribution >= 4 is 17.2 Å². The highest BCUT2D eigenvalue weighted by Crippen LogP contribution is 2.35. The van der Waals surface area contributed by atoms with Crippen LogP contribution in [-0.4, -0.2) is 29.1 Å². The first kappa shape index (κ1) is 21.4. The normalized spacial score (nSPS) is 10.0. The predicted molar refractivity (Wildman–Crippen MR) is 108 cm³/mol. The zero-order valence-electron chi connectivity index (χ0n) is 15.3. The fourth-order valence-electron chi connectivity index (χ4n) is 2.33. The van der Waals surface area contributed by atoms with Gasteiger partial charge in [0.1, 0.15) is 16.6 Å². The highest BCUT2D eigenvalue weighted by Gasteiger charge is 2.19. The van der Waals surface area contributed by atoms with Crippen molar-refractivity contribution in [2.75, 3.05) is 13.2 Å². The van der Waals surface area contributed by atoms with E-state index in [9.17, 15) is 13.6 Å². The van der Waals surface area contributed by atoms with Crippen LogP contribution in [0, 0.1) is 11.6 Å². The fourth-order valence-corrected chi connectivity index (χ4v) is 3.32. The quantitative estimate of drug-likeness (QED) is 0.610. The van der Waals surface area contributed by atoms with Gasteiger partial charge in [0.2, 0.25) is 0 Å². The van der Waals surface area contributed by atoms with Crippen LogP contribution in [0.5, 0.6) is 0 Å². The van der Waals surface area contributed by atoms with E-state index in [1.807, 2.05) is 6.92 Å². The first-order chi connectivity index (χ1) is 13.5. The van der Waals surface area contributed by atoms with Gasteiger partial charge in [-0.3, -0.25) is 4.79 Å². The van der Waals surface area contributed by atoms with E-state index in [2.05, 4.69) is 16.9 Å². The molecule has 1 heterocycles. The van der Waals surface area contributed by atoms with Crippen molar-refractivity contribution in [2.45, 2.75) is 6.92 Å². The summed E-state index contributed by atoms with van der Waals surface area (Å²) in [5, 5.41) is 11.7. The van der Waals surface area contributed by atoms with E-state index in [0.29, 0.717) is 5.01 Å². The molecule has 0 unspecified atom stereocenters. The van der Waals surface area contributed by atoms with Crippen molar-refractivity contribution in [1.82, 2.24) is 10.3 Å². The molecule has 2 N–H and O–H groups in total. The van der Waals surface area contributed by atoms with Crippen molar-refractivity contribution in [2.24, 2.45) is 0 Å². The van der Waals surface area contributed by atoms with Crippen LogP contribution in [0.25, 0.3) is 21.0 Å².